The number of ether oxygens (including phenoxy) is 1. The molecule has 0 aliphatic heterocycles. The Bertz CT molecular complexity index is 1280. The number of rotatable bonds is 5. The van der Waals surface area contributed by atoms with Gasteiger partial charge in [0.2, 0.25) is 5.91 Å². The van der Waals surface area contributed by atoms with E-state index >= 15 is 0 Å². The second-order valence-corrected chi connectivity index (χ2v) is 9.21. The first-order chi connectivity index (χ1) is 14.6. The average molecular weight is 453 g/mol. The van der Waals surface area contributed by atoms with Crippen LogP contribution in [0.1, 0.15) is 23.1 Å². The van der Waals surface area contributed by atoms with E-state index in [0.717, 1.165) is 42.8 Å². The van der Waals surface area contributed by atoms with Crippen molar-refractivity contribution in [2.45, 2.75) is 36.1 Å². The molecule has 3 aromatic rings. The topological polar surface area (TPSA) is 85.6 Å². The van der Waals surface area contributed by atoms with Gasteiger partial charge in [-0.3, -0.25) is 4.79 Å². The van der Waals surface area contributed by atoms with Gasteiger partial charge >= 0.3 is 5.51 Å². The molecule has 2 aromatic carbocycles. The molecule has 0 atom stereocenters. The number of hydrogen-bond acceptors (Lipinski definition) is 5. The Kier molecular flexibility index (Phi) is 5.20. The number of amides is 1. The lowest BCUT2D eigenvalue weighted by Gasteiger charge is -2.13. The van der Waals surface area contributed by atoms with Crippen LogP contribution in [0.5, 0.6) is 5.75 Å². The molecular formula is C21H18F3NO5S. The molecule has 0 fully saturated rings. The molecule has 1 aromatic heterocycles. The van der Waals surface area contributed by atoms with Crippen LogP contribution in [0.25, 0.3) is 11.0 Å². The van der Waals surface area contributed by atoms with E-state index < -0.39 is 26.1 Å². The van der Waals surface area contributed by atoms with Crippen LogP contribution in [0.2, 0.25) is 0 Å². The zero-order chi connectivity index (χ0) is 22.4. The van der Waals surface area contributed by atoms with Crippen molar-refractivity contribution in [3.05, 3.63) is 53.3 Å². The lowest BCUT2D eigenvalue weighted by atomic mass is 10.0. The molecule has 31 heavy (non-hydrogen) atoms. The van der Waals surface area contributed by atoms with Gasteiger partial charge in [0.25, 0.3) is 9.84 Å². The zero-order valence-electron chi connectivity index (χ0n) is 16.4. The summed E-state index contributed by atoms with van der Waals surface area (Å²) in [5, 5.41) is 3.25. The van der Waals surface area contributed by atoms with Crippen molar-refractivity contribution >= 4 is 32.4 Å². The number of carbonyl (C=O) groups excluding carboxylic acids is 1. The molecule has 0 saturated carbocycles. The molecule has 0 unspecified atom stereocenters. The number of alkyl halides is 3. The number of benzene rings is 2. The minimum absolute atomic E-state index is 0.0318. The van der Waals surface area contributed by atoms with Crippen molar-refractivity contribution in [2.24, 2.45) is 0 Å². The summed E-state index contributed by atoms with van der Waals surface area (Å²) in [5.41, 5.74) is -1.91. The Morgan fingerprint density at radius 2 is 1.87 bits per heavy atom. The third-order valence-corrected chi connectivity index (χ3v) is 6.76. The van der Waals surface area contributed by atoms with E-state index in [1.807, 2.05) is 12.1 Å². The van der Waals surface area contributed by atoms with E-state index in [2.05, 4.69) is 5.32 Å². The second-order valence-electron chi connectivity index (χ2n) is 7.27. The predicted molar refractivity (Wildman–Crippen MR) is 107 cm³/mol. The van der Waals surface area contributed by atoms with Gasteiger partial charge in [0.05, 0.1) is 30.4 Å². The van der Waals surface area contributed by atoms with Gasteiger partial charge in [-0.2, -0.15) is 13.2 Å². The highest BCUT2D eigenvalue weighted by atomic mass is 32.2. The average Bonchev–Trinajstić information content (AvgIpc) is 3.31. The number of carbonyl (C=O) groups is 1. The monoisotopic (exact) mass is 453 g/mol. The summed E-state index contributed by atoms with van der Waals surface area (Å²) in [4.78, 5) is 11.6. The Balaban J connectivity index is 1.60. The second kappa shape index (κ2) is 7.60. The lowest BCUT2D eigenvalue weighted by Crippen LogP contribution is -2.23. The lowest BCUT2D eigenvalue weighted by molar-refractivity contribution is -0.115. The van der Waals surface area contributed by atoms with Crippen LogP contribution in [0.15, 0.2) is 45.9 Å². The van der Waals surface area contributed by atoms with Crippen molar-refractivity contribution in [3.63, 3.8) is 0 Å². The molecule has 4 rings (SSSR count). The summed E-state index contributed by atoms with van der Waals surface area (Å²) in [5.74, 6) is -0.521. The van der Waals surface area contributed by atoms with Gasteiger partial charge in [0.15, 0.2) is 0 Å². The maximum atomic E-state index is 12.9. The van der Waals surface area contributed by atoms with Gasteiger partial charge in [-0.05, 0) is 60.7 Å². The standard InChI is InChI=1S/C21H18F3NO5S/c1-29-18-6-5-15(31(27,28)21(22,23)24)10-17(18)25-20(26)9-14-11-30-19-8-13-4-2-3-12(13)7-16(14)19/h5-8,10-11H,2-4,9H2,1H3,(H,25,26). The van der Waals surface area contributed by atoms with Crippen LogP contribution in [-0.4, -0.2) is 26.9 Å². The number of fused-ring (bicyclic) bond motifs is 2. The van der Waals surface area contributed by atoms with Crippen molar-refractivity contribution in [1.82, 2.24) is 0 Å². The highest BCUT2D eigenvalue weighted by Gasteiger charge is 2.47. The highest BCUT2D eigenvalue weighted by molar-refractivity contribution is 7.92. The summed E-state index contributed by atoms with van der Waals surface area (Å²) < 4.78 is 72.6. The third kappa shape index (κ3) is 3.87. The normalized spacial score (nSPS) is 13.9. The molecule has 1 aliphatic carbocycles. The number of sulfone groups is 1. The minimum Gasteiger partial charge on any atom is -0.495 e. The number of halogens is 3. The fourth-order valence-corrected chi connectivity index (χ4v) is 4.53. The van der Waals surface area contributed by atoms with Gasteiger partial charge < -0.3 is 14.5 Å². The Morgan fingerprint density at radius 1 is 1.16 bits per heavy atom. The van der Waals surface area contributed by atoms with Gasteiger partial charge in [0, 0.05) is 10.9 Å². The molecule has 164 valence electrons. The minimum atomic E-state index is -5.57. The number of aryl methyl sites for hydroxylation is 2. The maximum absolute atomic E-state index is 12.9. The van der Waals surface area contributed by atoms with Crippen LogP contribution < -0.4 is 10.1 Å². The summed E-state index contributed by atoms with van der Waals surface area (Å²) in [6, 6.07) is 6.54. The SMILES string of the molecule is COc1ccc(S(=O)(=O)C(F)(F)F)cc1NC(=O)Cc1coc2cc3c(cc12)CCC3. The van der Waals surface area contributed by atoms with Gasteiger partial charge in [-0.25, -0.2) is 8.42 Å². The van der Waals surface area contributed by atoms with E-state index in [0.29, 0.717) is 11.1 Å². The number of anilines is 1. The first kappa shape index (κ1) is 21.2. The summed E-state index contributed by atoms with van der Waals surface area (Å²) in [7, 11) is -4.31. The van der Waals surface area contributed by atoms with Crippen LogP contribution in [0.4, 0.5) is 18.9 Å². The van der Waals surface area contributed by atoms with Gasteiger partial charge in [-0.15, -0.1) is 0 Å². The summed E-state index contributed by atoms with van der Waals surface area (Å²) >= 11 is 0. The molecule has 0 radical (unpaired) electrons. The smallest absolute Gasteiger partial charge is 0.495 e. The van der Waals surface area contributed by atoms with Crippen molar-refractivity contribution < 1.29 is 35.5 Å². The van der Waals surface area contributed by atoms with E-state index in [-0.39, 0.29) is 17.9 Å². The number of furan rings is 1. The van der Waals surface area contributed by atoms with Crippen molar-refractivity contribution in [2.75, 3.05) is 12.4 Å². The van der Waals surface area contributed by atoms with Gasteiger partial charge in [0.1, 0.15) is 11.3 Å². The molecule has 6 nitrogen and oxygen atoms in total. The van der Waals surface area contributed by atoms with E-state index in [9.17, 15) is 26.4 Å². The molecule has 1 amide bonds. The first-order valence-corrected chi connectivity index (χ1v) is 10.9. The number of hydrogen-bond donors (Lipinski definition) is 1. The van der Waals surface area contributed by atoms with Crippen molar-refractivity contribution in [3.8, 4) is 5.75 Å². The molecular weight excluding hydrogens is 435 g/mol. The predicted octanol–water partition coefficient (Wildman–Crippen LogP) is 4.40. The fourth-order valence-electron chi connectivity index (χ4n) is 3.74. The maximum Gasteiger partial charge on any atom is 0.501 e. The molecule has 1 N–H and O–H groups in total. The van der Waals surface area contributed by atoms with Crippen LogP contribution >= 0.6 is 0 Å². The summed E-state index contributed by atoms with van der Waals surface area (Å²) in [6.45, 7) is 0. The largest absolute Gasteiger partial charge is 0.501 e. The van der Waals surface area contributed by atoms with E-state index in [1.165, 1.54) is 24.5 Å². The highest BCUT2D eigenvalue weighted by Crippen LogP contribution is 2.35. The Morgan fingerprint density at radius 3 is 2.55 bits per heavy atom. The first-order valence-electron chi connectivity index (χ1n) is 9.41. The Labute approximate surface area is 175 Å². The molecule has 1 aliphatic rings. The molecule has 0 spiro atoms. The van der Waals surface area contributed by atoms with Crippen molar-refractivity contribution in [1.29, 1.82) is 0 Å². The number of methoxy groups -OCH3 is 1. The number of nitrogens with one attached hydrogen (secondary N) is 1. The van der Waals surface area contributed by atoms with Crippen LogP contribution in [0, 0.1) is 0 Å². The van der Waals surface area contributed by atoms with E-state index in [4.69, 9.17) is 9.15 Å². The summed E-state index contributed by atoms with van der Waals surface area (Å²) in [6.07, 6.45) is 4.37. The molecule has 0 saturated heterocycles. The third-order valence-electron chi connectivity index (χ3n) is 5.28. The Hall–Kier alpha value is -3.01. The van der Waals surface area contributed by atoms with Crippen LogP contribution in [-0.2, 0) is 33.9 Å². The molecule has 1 heterocycles. The van der Waals surface area contributed by atoms with Gasteiger partial charge in [-0.1, -0.05) is 0 Å². The molecule has 0 bridgehead atoms. The fraction of sp³-hybridized carbons (Fsp3) is 0.286. The van der Waals surface area contributed by atoms with Crippen LogP contribution in [0.3, 0.4) is 0 Å². The quantitative estimate of drug-likeness (QED) is 0.619. The zero-order valence-corrected chi connectivity index (χ0v) is 17.2. The molecule has 10 heteroatoms. The van der Waals surface area contributed by atoms with E-state index in [1.54, 1.807) is 0 Å².